The lowest BCUT2D eigenvalue weighted by atomic mass is 10.2. The van der Waals surface area contributed by atoms with Gasteiger partial charge in [-0.2, -0.15) is 0 Å². The van der Waals surface area contributed by atoms with Crippen LogP contribution in [0.3, 0.4) is 0 Å². The second kappa shape index (κ2) is 7.67. The maximum Gasteiger partial charge on any atom is 0.244 e. The summed E-state index contributed by atoms with van der Waals surface area (Å²) in [5.41, 5.74) is 0. The van der Waals surface area contributed by atoms with Gasteiger partial charge in [0.25, 0.3) is 0 Å². The third-order valence-electron chi connectivity index (χ3n) is 3.25. The third-order valence-corrected chi connectivity index (χ3v) is 4.18. The molecule has 0 saturated carbocycles. The lowest BCUT2D eigenvalue weighted by Gasteiger charge is -2.26. The zero-order valence-electron chi connectivity index (χ0n) is 11.9. The van der Waals surface area contributed by atoms with E-state index in [-0.39, 0.29) is 11.9 Å². The molecule has 0 bridgehead atoms. The van der Waals surface area contributed by atoms with Crippen molar-refractivity contribution in [3.05, 3.63) is 0 Å². The standard InChI is InChI=1S/C13H25N3OS/c1-5-11-8-9-18-13(15-11)14-10(4)12(17)16(6-2)7-3/h10-11H,5-9H2,1-4H3,(H,14,15). The molecule has 2 unspecified atom stereocenters. The van der Waals surface area contributed by atoms with Crippen molar-refractivity contribution in [3.63, 3.8) is 0 Å². The Bertz CT molecular complexity index is 303. The van der Waals surface area contributed by atoms with Gasteiger partial charge in [0.15, 0.2) is 5.17 Å². The SMILES string of the molecule is CCC1CCSC(NC(C)C(=O)N(CC)CC)=N1. The zero-order chi connectivity index (χ0) is 13.5. The summed E-state index contributed by atoms with van der Waals surface area (Å²) in [5.74, 6) is 1.25. The van der Waals surface area contributed by atoms with E-state index in [9.17, 15) is 4.79 Å². The summed E-state index contributed by atoms with van der Waals surface area (Å²) >= 11 is 1.72. The molecule has 18 heavy (non-hydrogen) atoms. The summed E-state index contributed by atoms with van der Waals surface area (Å²) in [7, 11) is 0. The second-order valence-electron chi connectivity index (χ2n) is 4.51. The van der Waals surface area contributed by atoms with Gasteiger partial charge in [-0.3, -0.25) is 9.79 Å². The molecule has 0 aromatic carbocycles. The Morgan fingerprint density at radius 1 is 1.50 bits per heavy atom. The van der Waals surface area contributed by atoms with E-state index in [2.05, 4.69) is 17.2 Å². The number of hydrogen-bond donors (Lipinski definition) is 1. The molecule has 0 aromatic rings. The Morgan fingerprint density at radius 2 is 2.17 bits per heavy atom. The molecule has 1 rings (SSSR count). The molecule has 0 aromatic heterocycles. The lowest BCUT2D eigenvalue weighted by molar-refractivity contribution is -0.132. The van der Waals surface area contributed by atoms with E-state index < -0.39 is 0 Å². The van der Waals surface area contributed by atoms with E-state index in [1.807, 2.05) is 25.7 Å². The zero-order valence-corrected chi connectivity index (χ0v) is 12.7. The second-order valence-corrected chi connectivity index (χ2v) is 5.59. The minimum absolute atomic E-state index is 0.155. The molecule has 1 aliphatic heterocycles. The first-order valence-corrected chi connectivity index (χ1v) is 7.86. The molecule has 1 N–H and O–H groups in total. The Hall–Kier alpha value is -0.710. The molecule has 1 heterocycles. The van der Waals surface area contributed by atoms with Crippen LogP contribution in [0.1, 0.15) is 40.5 Å². The van der Waals surface area contributed by atoms with Crippen LogP contribution in [0.5, 0.6) is 0 Å². The smallest absolute Gasteiger partial charge is 0.244 e. The fourth-order valence-electron chi connectivity index (χ4n) is 1.99. The fourth-order valence-corrected chi connectivity index (χ4v) is 3.06. The minimum Gasteiger partial charge on any atom is -0.353 e. The van der Waals surface area contributed by atoms with Crippen molar-refractivity contribution in [1.29, 1.82) is 0 Å². The molecule has 0 saturated heterocycles. The van der Waals surface area contributed by atoms with Gasteiger partial charge in [0.2, 0.25) is 5.91 Å². The first-order valence-electron chi connectivity index (χ1n) is 6.88. The summed E-state index contributed by atoms with van der Waals surface area (Å²) < 4.78 is 0. The van der Waals surface area contributed by atoms with Gasteiger partial charge in [0, 0.05) is 18.8 Å². The molecule has 0 spiro atoms. The Morgan fingerprint density at radius 3 is 2.72 bits per heavy atom. The minimum atomic E-state index is -0.188. The predicted molar refractivity (Wildman–Crippen MR) is 79.1 cm³/mol. The quantitative estimate of drug-likeness (QED) is 0.833. The lowest BCUT2D eigenvalue weighted by Crippen LogP contribution is -2.46. The normalized spacial score (nSPS) is 21.1. The number of amidine groups is 1. The maximum absolute atomic E-state index is 12.1. The van der Waals surface area contributed by atoms with Gasteiger partial charge in [0.05, 0.1) is 6.04 Å². The van der Waals surface area contributed by atoms with Crippen LogP contribution in [0.15, 0.2) is 4.99 Å². The predicted octanol–water partition coefficient (Wildman–Crippen LogP) is 2.10. The number of nitrogens with zero attached hydrogens (tertiary/aromatic N) is 2. The average Bonchev–Trinajstić information content (AvgIpc) is 2.40. The van der Waals surface area contributed by atoms with Crippen LogP contribution < -0.4 is 5.32 Å². The molecule has 2 atom stereocenters. The van der Waals surface area contributed by atoms with Crippen molar-refractivity contribution >= 4 is 22.8 Å². The molecule has 0 fully saturated rings. The highest BCUT2D eigenvalue weighted by Crippen LogP contribution is 2.18. The summed E-state index contributed by atoms with van der Waals surface area (Å²) in [6.07, 6.45) is 2.22. The Labute approximate surface area is 115 Å². The molecule has 0 radical (unpaired) electrons. The maximum atomic E-state index is 12.1. The van der Waals surface area contributed by atoms with Gasteiger partial charge < -0.3 is 10.2 Å². The van der Waals surface area contributed by atoms with Crippen LogP contribution in [0.4, 0.5) is 0 Å². The highest BCUT2D eigenvalue weighted by atomic mass is 32.2. The Balaban J connectivity index is 2.56. The number of likely N-dealkylation sites (N-methyl/N-ethyl adjacent to an activating group) is 1. The summed E-state index contributed by atoms with van der Waals surface area (Å²) in [6.45, 7) is 9.62. The molecule has 1 aliphatic rings. The number of hydrogen-bond acceptors (Lipinski definition) is 4. The largest absolute Gasteiger partial charge is 0.353 e. The van der Waals surface area contributed by atoms with E-state index in [0.717, 1.165) is 36.9 Å². The van der Waals surface area contributed by atoms with Crippen LogP contribution in [0.25, 0.3) is 0 Å². The van der Waals surface area contributed by atoms with Crippen molar-refractivity contribution in [3.8, 4) is 0 Å². The van der Waals surface area contributed by atoms with Crippen LogP contribution in [0.2, 0.25) is 0 Å². The highest BCUT2D eigenvalue weighted by Gasteiger charge is 2.21. The number of rotatable bonds is 5. The van der Waals surface area contributed by atoms with Crippen LogP contribution in [-0.2, 0) is 4.79 Å². The number of amides is 1. The average molecular weight is 271 g/mol. The van der Waals surface area contributed by atoms with Crippen molar-refractivity contribution < 1.29 is 4.79 Å². The van der Waals surface area contributed by atoms with Gasteiger partial charge in [-0.1, -0.05) is 18.7 Å². The first-order chi connectivity index (χ1) is 8.62. The third kappa shape index (κ3) is 4.19. The summed E-state index contributed by atoms with van der Waals surface area (Å²) in [5, 5.41) is 4.19. The van der Waals surface area contributed by atoms with Crippen LogP contribution >= 0.6 is 11.8 Å². The van der Waals surface area contributed by atoms with E-state index in [1.54, 1.807) is 11.8 Å². The fraction of sp³-hybridized carbons (Fsp3) is 0.846. The summed E-state index contributed by atoms with van der Waals surface area (Å²) in [4.78, 5) is 18.6. The highest BCUT2D eigenvalue weighted by molar-refractivity contribution is 8.13. The molecule has 1 amide bonds. The van der Waals surface area contributed by atoms with Gasteiger partial charge in [0.1, 0.15) is 6.04 Å². The number of carbonyl (C=O) groups excluding carboxylic acids is 1. The van der Waals surface area contributed by atoms with Gasteiger partial charge >= 0.3 is 0 Å². The van der Waals surface area contributed by atoms with E-state index in [1.165, 1.54) is 0 Å². The van der Waals surface area contributed by atoms with Gasteiger partial charge in [-0.25, -0.2) is 0 Å². The van der Waals surface area contributed by atoms with Crippen LogP contribution in [0, 0.1) is 0 Å². The van der Waals surface area contributed by atoms with E-state index >= 15 is 0 Å². The molecular formula is C13H25N3OS. The molecular weight excluding hydrogens is 246 g/mol. The Kier molecular flexibility index (Phi) is 6.54. The number of carbonyl (C=O) groups is 1. The topological polar surface area (TPSA) is 44.7 Å². The van der Waals surface area contributed by atoms with Gasteiger partial charge in [-0.15, -0.1) is 0 Å². The van der Waals surface area contributed by atoms with Crippen molar-refractivity contribution in [2.24, 2.45) is 4.99 Å². The number of nitrogens with one attached hydrogen (secondary N) is 1. The molecule has 0 aliphatic carbocycles. The van der Waals surface area contributed by atoms with Crippen LogP contribution in [-0.4, -0.2) is 46.9 Å². The number of thioether (sulfide) groups is 1. The van der Waals surface area contributed by atoms with Gasteiger partial charge in [-0.05, 0) is 33.6 Å². The molecule has 104 valence electrons. The summed E-state index contributed by atoms with van der Waals surface area (Å²) in [6, 6.07) is 0.233. The van der Waals surface area contributed by atoms with Crippen molar-refractivity contribution in [2.45, 2.75) is 52.6 Å². The molecule has 4 nitrogen and oxygen atoms in total. The first kappa shape index (κ1) is 15.3. The monoisotopic (exact) mass is 271 g/mol. The van der Waals surface area contributed by atoms with E-state index in [4.69, 9.17) is 0 Å². The van der Waals surface area contributed by atoms with E-state index in [0.29, 0.717) is 6.04 Å². The molecule has 5 heteroatoms. The van der Waals surface area contributed by atoms with Crippen molar-refractivity contribution in [1.82, 2.24) is 10.2 Å². The number of aliphatic imine (C=N–C) groups is 1. The van der Waals surface area contributed by atoms with Crippen molar-refractivity contribution in [2.75, 3.05) is 18.8 Å².